The number of hydrogen-bond donors (Lipinski definition) is 1. The zero-order valence-electron chi connectivity index (χ0n) is 10.0. The number of hydrogen-bond acceptors (Lipinski definition) is 4. The van der Waals surface area contributed by atoms with E-state index in [1.807, 2.05) is 0 Å². The molecule has 6 heteroatoms. The van der Waals surface area contributed by atoms with Gasteiger partial charge in [-0.1, -0.05) is 6.42 Å². The second-order valence-corrected chi connectivity index (χ2v) is 7.08. The summed E-state index contributed by atoms with van der Waals surface area (Å²) < 4.78 is 23.8. The molecule has 1 atom stereocenters. The summed E-state index contributed by atoms with van der Waals surface area (Å²) in [5.74, 6) is 0.00331. The smallest absolute Gasteiger partial charge is 0.240 e. The minimum absolute atomic E-state index is 0.173. The number of carbonyl (C=O) groups is 1. The van der Waals surface area contributed by atoms with Gasteiger partial charge in [0, 0.05) is 19.6 Å². The van der Waals surface area contributed by atoms with E-state index in [2.05, 4.69) is 5.32 Å². The van der Waals surface area contributed by atoms with Crippen molar-refractivity contribution in [2.45, 2.75) is 30.9 Å². The highest BCUT2D eigenvalue weighted by Crippen LogP contribution is 2.21. The van der Waals surface area contributed by atoms with E-state index < -0.39 is 15.1 Å². The van der Waals surface area contributed by atoms with Gasteiger partial charge in [-0.25, -0.2) is 8.42 Å². The number of carbonyl (C=O) groups excluding carboxylic acids is 1. The van der Waals surface area contributed by atoms with Gasteiger partial charge in [0.05, 0.1) is 5.75 Å². The van der Waals surface area contributed by atoms with Crippen molar-refractivity contribution in [3.8, 4) is 0 Å². The van der Waals surface area contributed by atoms with Crippen LogP contribution in [0.4, 0.5) is 0 Å². The first-order valence-electron chi connectivity index (χ1n) is 6.32. The maximum atomic E-state index is 12.2. The number of nitrogens with one attached hydrogen (secondary N) is 1. The normalized spacial score (nSPS) is 29.6. The third-order valence-electron chi connectivity index (χ3n) is 3.51. The van der Waals surface area contributed by atoms with Gasteiger partial charge in [0.25, 0.3) is 0 Å². The Morgan fingerprint density at radius 3 is 2.71 bits per heavy atom. The Kier molecular flexibility index (Phi) is 4.04. The second kappa shape index (κ2) is 5.35. The van der Waals surface area contributed by atoms with E-state index in [0.717, 1.165) is 25.9 Å². The van der Waals surface area contributed by atoms with Crippen molar-refractivity contribution in [3.63, 3.8) is 0 Å². The summed E-state index contributed by atoms with van der Waals surface area (Å²) in [4.78, 5) is 14.0. The Hall–Kier alpha value is -0.620. The Balaban J connectivity index is 2.07. The van der Waals surface area contributed by atoms with Crippen LogP contribution in [0, 0.1) is 0 Å². The SMILES string of the molecule is O=C(C1CCCCS1(=O)=O)N1CCCNCC1. The highest BCUT2D eigenvalue weighted by Gasteiger charge is 2.37. The van der Waals surface area contributed by atoms with Crippen LogP contribution in [0.25, 0.3) is 0 Å². The quantitative estimate of drug-likeness (QED) is 0.707. The molecule has 1 unspecified atom stereocenters. The fraction of sp³-hybridized carbons (Fsp3) is 0.909. The lowest BCUT2D eigenvalue weighted by Gasteiger charge is -2.28. The fourth-order valence-corrected chi connectivity index (χ4v) is 4.37. The number of amides is 1. The molecule has 5 nitrogen and oxygen atoms in total. The van der Waals surface area contributed by atoms with Crippen LogP contribution in [0.15, 0.2) is 0 Å². The van der Waals surface area contributed by atoms with Gasteiger partial charge in [-0.3, -0.25) is 4.79 Å². The van der Waals surface area contributed by atoms with Crippen molar-refractivity contribution >= 4 is 15.7 Å². The molecular formula is C11H20N2O3S. The summed E-state index contributed by atoms with van der Waals surface area (Å²) in [6.45, 7) is 2.97. The number of sulfone groups is 1. The average molecular weight is 260 g/mol. The van der Waals surface area contributed by atoms with Crippen LogP contribution in [0.2, 0.25) is 0 Å². The first-order chi connectivity index (χ1) is 8.11. The minimum atomic E-state index is -3.20. The molecule has 17 heavy (non-hydrogen) atoms. The molecule has 1 N–H and O–H groups in total. The lowest BCUT2D eigenvalue weighted by Crippen LogP contribution is -2.46. The predicted octanol–water partition coefficient (Wildman–Crippen LogP) is -0.224. The maximum Gasteiger partial charge on any atom is 0.240 e. The van der Waals surface area contributed by atoms with Crippen molar-refractivity contribution in [2.24, 2.45) is 0 Å². The van der Waals surface area contributed by atoms with Crippen LogP contribution < -0.4 is 5.32 Å². The molecule has 2 saturated heterocycles. The molecule has 0 radical (unpaired) electrons. The molecule has 0 aromatic carbocycles. The van der Waals surface area contributed by atoms with Gasteiger partial charge < -0.3 is 10.2 Å². The van der Waals surface area contributed by atoms with Crippen molar-refractivity contribution in [1.82, 2.24) is 10.2 Å². The van der Waals surface area contributed by atoms with E-state index in [9.17, 15) is 13.2 Å². The Morgan fingerprint density at radius 1 is 1.12 bits per heavy atom. The molecule has 1 amide bonds. The van der Waals surface area contributed by atoms with E-state index in [4.69, 9.17) is 0 Å². The van der Waals surface area contributed by atoms with E-state index in [1.165, 1.54) is 0 Å². The van der Waals surface area contributed by atoms with E-state index >= 15 is 0 Å². The highest BCUT2D eigenvalue weighted by molar-refractivity contribution is 7.92. The summed E-state index contributed by atoms with van der Waals surface area (Å²) >= 11 is 0. The number of rotatable bonds is 1. The monoisotopic (exact) mass is 260 g/mol. The van der Waals surface area contributed by atoms with Crippen LogP contribution in [0.3, 0.4) is 0 Å². The van der Waals surface area contributed by atoms with E-state index in [1.54, 1.807) is 4.90 Å². The Bertz CT molecular complexity index is 372. The predicted molar refractivity (Wildman–Crippen MR) is 65.5 cm³/mol. The first-order valence-corrected chi connectivity index (χ1v) is 8.04. The van der Waals surface area contributed by atoms with E-state index in [0.29, 0.717) is 25.9 Å². The Morgan fingerprint density at radius 2 is 1.94 bits per heavy atom. The van der Waals surface area contributed by atoms with Gasteiger partial charge in [-0.2, -0.15) is 0 Å². The van der Waals surface area contributed by atoms with Crippen LogP contribution >= 0.6 is 0 Å². The standard InChI is InChI=1S/C11H20N2O3S/c14-11(13-7-3-5-12-6-8-13)10-4-1-2-9-17(10,15)16/h10,12H,1-9H2. The minimum Gasteiger partial charge on any atom is -0.340 e. The van der Waals surface area contributed by atoms with Crippen molar-refractivity contribution in [2.75, 3.05) is 31.9 Å². The van der Waals surface area contributed by atoms with Crippen molar-refractivity contribution < 1.29 is 13.2 Å². The molecular weight excluding hydrogens is 240 g/mol. The fourth-order valence-electron chi connectivity index (χ4n) is 2.50. The molecule has 2 aliphatic rings. The largest absolute Gasteiger partial charge is 0.340 e. The molecule has 0 spiro atoms. The molecule has 0 aromatic heterocycles. The zero-order valence-corrected chi connectivity index (χ0v) is 10.8. The van der Waals surface area contributed by atoms with Gasteiger partial charge in [0.2, 0.25) is 5.91 Å². The molecule has 98 valence electrons. The van der Waals surface area contributed by atoms with Crippen molar-refractivity contribution in [3.05, 3.63) is 0 Å². The summed E-state index contributed by atoms with van der Waals surface area (Å²) in [5, 5.41) is 2.44. The van der Waals surface area contributed by atoms with Crippen LogP contribution in [0.1, 0.15) is 25.7 Å². The first kappa shape index (κ1) is 12.8. The van der Waals surface area contributed by atoms with Gasteiger partial charge in [-0.05, 0) is 25.8 Å². The molecule has 2 rings (SSSR count). The van der Waals surface area contributed by atoms with E-state index in [-0.39, 0.29) is 11.7 Å². The molecule has 2 heterocycles. The van der Waals surface area contributed by atoms with Crippen LogP contribution in [0.5, 0.6) is 0 Å². The maximum absolute atomic E-state index is 12.2. The topological polar surface area (TPSA) is 66.5 Å². The number of nitrogens with zero attached hydrogens (tertiary/aromatic N) is 1. The van der Waals surface area contributed by atoms with Gasteiger partial charge in [-0.15, -0.1) is 0 Å². The lowest BCUT2D eigenvalue weighted by molar-refractivity contribution is -0.130. The van der Waals surface area contributed by atoms with Crippen molar-refractivity contribution in [1.29, 1.82) is 0 Å². The summed E-state index contributed by atoms with van der Waals surface area (Å²) in [6, 6.07) is 0. The average Bonchev–Trinajstić information content (AvgIpc) is 2.56. The molecule has 2 fully saturated rings. The van der Waals surface area contributed by atoms with Crippen LogP contribution in [-0.4, -0.2) is 56.4 Å². The summed E-state index contributed by atoms with van der Waals surface area (Å²) in [7, 11) is -3.20. The Labute approximate surface area is 102 Å². The molecule has 0 aliphatic carbocycles. The second-order valence-electron chi connectivity index (χ2n) is 4.78. The summed E-state index contributed by atoms with van der Waals surface area (Å²) in [6.07, 6.45) is 2.96. The van der Waals surface area contributed by atoms with Crippen LogP contribution in [-0.2, 0) is 14.6 Å². The molecule has 0 aromatic rings. The third-order valence-corrected chi connectivity index (χ3v) is 5.67. The lowest BCUT2D eigenvalue weighted by atomic mass is 10.1. The molecule has 0 saturated carbocycles. The molecule has 2 aliphatic heterocycles. The summed E-state index contributed by atoms with van der Waals surface area (Å²) in [5.41, 5.74) is 0. The van der Waals surface area contributed by atoms with Gasteiger partial charge in [0.15, 0.2) is 9.84 Å². The molecule has 0 bridgehead atoms. The zero-order chi connectivity index (χ0) is 12.3. The third kappa shape index (κ3) is 2.98. The van der Waals surface area contributed by atoms with Gasteiger partial charge in [0.1, 0.15) is 5.25 Å². The highest BCUT2D eigenvalue weighted by atomic mass is 32.2. The van der Waals surface area contributed by atoms with Gasteiger partial charge >= 0.3 is 0 Å².